The van der Waals surface area contributed by atoms with Gasteiger partial charge in [0, 0.05) is 12.1 Å². The lowest BCUT2D eigenvalue weighted by Gasteiger charge is -2.10. The number of benzene rings is 2. The molecule has 2 aromatic carbocycles. The molecule has 8 nitrogen and oxygen atoms in total. The lowest BCUT2D eigenvalue weighted by atomic mass is 10.2. The molecule has 0 amide bonds. The van der Waals surface area contributed by atoms with Gasteiger partial charge in [-0.3, -0.25) is 4.79 Å². The minimum atomic E-state index is -0.369. The molecule has 0 radical (unpaired) electrons. The Labute approximate surface area is 173 Å². The van der Waals surface area contributed by atoms with Crippen molar-refractivity contribution < 1.29 is 18.7 Å². The first kappa shape index (κ1) is 19.3. The number of ether oxygens (including phenoxy) is 2. The van der Waals surface area contributed by atoms with E-state index in [1.165, 1.54) is 10.9 Å². The average molecular weight is 404 g/mol. The number of hydrogen-bond donors (Lipinski definition) is 1. The maximum Gasteiger partial charge on any atom is 0.287 e. The highest BCUT2D eigenvalue weighted by molar-refractivity contribution is 5.82. The number of carbonyl (C=O) groups excluding carboxylic acids is 1. The summed E-state index contributed by atoms with van der Waals surface area (Å²) in [5.41, 5.74) is 0.919. The lowest BCUT2D eigenvalue weighted by molar-refractivity contribution is 0.0824. The Balaban J connectivity index is 1.55. The number of aromatic nitrogens is 3. The van der Waals surface area contributed by atoms with Gasteiger partial charge in [-0.1, -0.05) is 36.4 Å². The van der Waals surface area contributed by atoms with Crippen LogP contribution in [0.2, 0.25) is 0 Å². The van der Waals surface area contributed by atoms with Crippen molar-refractivity contribution in [3.63, 3.8) is 0 Å². The van der Waals surface area contributed by atoms with E-state index in [4.69, 9.17) is 13.9 Å². The second-order valence-electron chi connectivity index (χ2n) is 6.31. The Hall–Kier alpha value is -4.07. The van der Waals surface area contributed by atoms with Gasteiger partial charge in [0.05, 0.1) is 13.4 Å². The first-order chi connectivity index (χ1) is 14.7. The predicted molar refractivity (Wildman–Crippen MR) is 111 cm³/mol. The van der Waals surface area contributed by atoms with Crippen LogP contribution >= 0.6 is 0 Å². The molecule has 4 aromatic rings. The van der Waals surface area contributed by atoms with Gasteiger partial charge in [0.15, 0.2) is 12.4 Å². The summed E-state index contributed by atoms with van der Waals surface area (Å²) in [6.07, 6.45) is 1.53. The Morgan fingerprint density at radius 3 is 2.63 bits per heavy atom. The molecule has 0 bridgehead atoms. The zero-order valence-corrected chi connectivity index (χ0v) is 16.3. The third kappa shape index (κ3) is 4.33. The molecule has 0 aliphatic heterocycles. The Morgan fingerprint density at radius 2 is 1.87 bits per heavy atom. The monoisotopic (exact) mass is 404 g/mol. The van der Waals surface area contributed by atoms with Crippen LogP contribution in [0.4, 0.5) is 5.95 Å². The largest absolute Gasteiger partial charge is 0.496 e. The number of nitrogens with one attached hydrogen (secondary N) is 1. The molecule has 0 fully saturated rings. The van der Waals surface area contributed by atoms with Crippen molar-refractivity contribution in [3.8, 4) is 23.1 Å². The zero-order valence-electron chi connectivity index (χ0n) is 16.3. The number of methoxy groups -OCH3 is 1. The molecule has 0 aliphatic rings. The summed E-state index contributed by atoms with van der Waals surface area (Å²) in [5, 5.41) is 7.47. The number of para-hydroxylation sites is 2. The van der Waals surface area contributed by atoms with Crippen LogP contribution in [-0.4, -0.2) is 34.4 Å². The summed E-state index contributed by atoms with van der Waals surface area (Å²) in [6, 6.07) is 20.2. The molecule has 0 unspecified atom stereocenters. The standard InChI is InChI=1S/C22H20N4O4/c1-28-18-11-6-5-8-16(18)14-23-22-24-21(19-12-7-13-29-19)25-26(22)20(27)15-30-17-9-3-2-4-10-17/h2-13H,14-15H2,1H3,(H,23,24,25). The van der Waals surface area contributed by atoms with Crippen LogP contribution in [-0.2, 0) is 6.54 Å². The summed E-state index contributed by atoms with van der Waals surface area (Å²) in [7, 11) is 1.61. The Morgan fingerprint density at radius 1 is 1.07 bits per heavy atom. The quantitative estimate of drug-likeness (QED) is 0.476. The molecule has 152 valence electrons. The fourth-order valence-corrected chi connectivity index (χ4v) is 2.86. The van der Waals surface area contributed by atoms with Crippen LogP contribution in [0.25, 0.3) is 11.6 Å². The van der Waals surface area contributed by atoms with Gasteiger partial charge in [-0.15, -0.1) is 5.10 Å². The third-order valence-electron chi connectivity index (χ3n) is 4.32. The maximum absolute atomic E-state index is 12.8. The minimum absolute atomic E-state index is 0.186. The maximum atomic E-state index is 12.8. The van der Waals surface area contributed by atoms with Crippen molar-refractivity contribution in [2.45, 2.75) is 6.54 Å². The van der Waals surface area contributed by atoms with Gasteiger partial charge < -0.3 is 19.2 Å². The minimum Gasteiger partial charge on any atom is -0.496 e. The molecule has 0 saturated heterocycles. The van der Waals surface area contributed by atoms with E-state index in [-0.39, 0.29) is 18.5 Å². The number of hydrogen-bond acceptors (Lipinski definition) is 7. The number of nitrogens with zero attached hydrogens (tertiary/aromatic N) is 3. The highest BCUT2D eigenvalue weighted by atomic mass is 16.5. The van der Waals surface area contributed by atoms with Crippen LogP contribution in [0.1, 0.15) is 10.4 Å². The molecule has 4 rings (SSSR count). The predicted octanol–water partition coefficient (Wildman–Crippen LogP) is 3.88. The van der Waals surface area contributed by atoms with Crippen molar-refractivity contribution in [1.82, 2.24) is 14.8 Å². The Kier molecular flexibility index (Phi) is 5.75. The van der Waals surface area contributed by atoms with Crippen LogP contribution < -0.4 is 14.8 Å². The number of furan rings is 1. The van der Waals surface area contributed by atoms with Crippen LogP contribution in [0.3, 0.4) is 0 Å². The van der Waals surface area contributed by atoms with Gasteiger partial charge in [-0.25, -0.2) is 0 Å². The molecule has 30 heavy (non-hydrogen) atoms. The van der Waals surface area contributed by atoms with E-state index in [1.54, 1.807) is 31.4 Å². The van der Waals surface area contributed by atoms with Crippen molar-refractivity contribution in [2.75, 3.05) is 19.0 Å². The van der Waals surface area contributed by atoms with Crippen LogP contribution in [0.5, 0.6) is 11.5 Å². The normalized spacial score (nSPS) is 10.6. The summed E-state index contributed by atoms with van der Waals surface area (Å²) < 4.78 is 17.5. The fraction of sp³-hybridized carbons (Fsp3) is 0.136. The highest BCUT2D eigenvalue weighted by Gasteiger charge is 2.19. The highest BCUT2D eigenvalue weighted by Crippen LogP contribution is 2.21. The topological polar surface area (TPSA) is 91.4 Å². The lowest BCUT2D eigenvalue weighted by Crippen LogP contribution is -2.22. The molecule has 2 aromatic heterocycles. The van der Waals surface area contributed by atoms with E-state index >= 15 is 0 Å². The third-order valence-corrected chi connectivity index (χ3v) is 4.32. The van der Waals surface area contributed by atoms with Gasteiger partial charge in [-0.2, -0.15) is 9.67 Å². The molecule has 0 saturated carbocycles. The molecular weight excluding hydrogens is 384 g/mol. The van der Waals surface area contributed by atoms with Gasteiger partial charge in [0.2, 0.25) is 11.8 Å². The molecule has 1 N–H and O–H groups in total. The van der Waals surface area contributed by atoms with E-state index in [0.717, 1.165) is 11.3 Å². The number of carbonyl (C=O) groups is 1. The van der Waals surface area contributed by atoms with Gasteiger partial charge in [0.25, 0.3) is 5.91 Å². The van der Waals surface area contributed by atoms with E-state index in [0.29, 0.717) is 23.9 Å². The fourth-order valence-electron chi connectivity index (χ4n) is 2.86. The van der Waals surface area contributed by atoms with Crippen molar-refractivity contribution in [2.24, 2.45) is 0 Å². The van der Waals surface area contributed by atoms with Gasteiger partial charge >= 0.3 is 0 Å². The first-order valence-corrected chi connectivity index (χ1v) is 9.32. The van der Waals surface area contributed by atoms with Crippen molar-refractivity contribution in [3.05, 3.63) is 78.6 Å². The van der Waals surface area contributed by atoms with Crippen molar-refractivity contribution in [1.29, 1.82) is 0 Å². The molecule has 0 spiro atoms. The van der Waals surface area contributed by atoms with E-state index in [2.05, 4.69) is 15.4 Å². The van der Waals surface area contributed by atoms with E-state index in [9.17, 15) is 4.79 Å². The average Bonchev–Trinajstić information content (AvgIpc) is 3.47. The first-order valence-electron chi connectivity index (χ1n) is 9.32. The van der Waals surface area contributed by atoms with Gasteiger partial charge in [0.1, 0.15) is 11.5 Å². The van der Waals surface area contributed by atoms with Crippen LogP contribution in [0, 0.1) is 0 Å². The molecule has 0 atom stereocenters. The summed E-state index contributed by atoms with van der Waals surface area (Å²) in [6.45, 7) is 0.210. The van der Waals surface area contributed by atoms with Gasteiger partial charge in [-0.05, 0) is 30.3 Å². The van der Waals surface area contributed by atoms with Crippen molar-refractivity contribution >= 4 is 11.9 Å². The summed E-state index contributed by atoms with van der Waals surface area (Å²) in [5.74, 6) is 2.02. The molecule has 0 aliphatic carbocycles. The van der Waals surface area contributed by atoms with E-state index < -0.39 is 0 Å². The van der Waals surface area contributed by atoms with Crippen LogP contribution in [0.15, 0.2) is 77.4 Å². The Bertz CT molecular complexity index is 1110. The molecular formula is C22H20N4O4. The second kappa shape index (κ2) is 8.95. The number of rotatable bonds is 8. The zero-order chi connectivity index (χ0) is 20.8. The smallest absolute Gasteiger partial charge is 0.287 e. The molecule has 2 heterocycles. The molecule has 8 heteroatoms. The second-order valence-corrected chi connectivity index (χ2v) is 6.31. The number of anilines is 1. The summed E-state index contributed by atoms with van der Waals surface area (Å²) in [4.78, 5) is 17.2. The summed E-state index contributed by atoms with van der Waals surface area (Å²) >= 11 is 0. The van der Waals surface area contributed by atoms with E-state index in [1.807, 2.05) is 42.5 Å². The SMILES string of the molecule is COc1ccccc1CNc1nc(-c2ccco2)nn1C(=O)COc1ccccc1.